The quantitative estimate of drug-likeness (QED) is 0.791. The zero-order valence-corrected chi connectivity index (χ0v) is 11.9. The fourth-order valence-corrected chi connectivity index (χ4v) is 2.45. The molecule has 3 N–H and O–H groups in total. The van der Waals surface area contributed by atoms with Gasteiger partial charge in [0, 0.05) is 11.8 Å². The Hall–Kier alpha value is -1.00. The molecule has 0 spiro atoms. The maximum atomic E-state index is 11.9. The van der Waals surface area contributed by atoms with Crippen LogP contribution < -0.4 is 11.1 Å². The van der Waals surface area contributed by atoms with E-state index in [0.717, 1.165) is 17.7 Å². The van der Waals surface area contributed by atoms with Gasteiger partial charge in [0.25, 0.3) is 0 Å². The van der Waals surface area contributed by atoms with Crippen LogP contribution in [-0.2, 0) is 11.2 Å². The molecule has 0 aliphatic carbocycles. The zero-order chi connectivity index (χ0) is 13.4. The summed E-state index contributed by atoms with van der Waals surface area (Å²) in [5, 5.41) is 3.00. The van der Waals surface area contributed by atoms with Crippen molar-refractivity contribution >= 4 is 17.7 Å². The van der Waals surface area contributed by atoms with Gasteiger partial charge in [-0.1, -0.05) is 37.3 Å². The lowest BCUT2D eigenvalue weighted by molar-refractivity contribution is -0.122. The molecule has 2 atom stereocenters. The first kappa shape index (κ1) is 15.1. The third-order valence-corrected chi connectivity index (χ3v) is 3.58. The summed E-state index contributed by atoms with van der Waals surface area (Å²) in [6.45, 7) is 2.07. The molecular formula is C14H22N2OS. The smallest absolute Gasteiger partial charge is 0.237 e. The van der Waals surface area contributed by atoms with E-state index in [-0.39, 0.29) is 11.9 Å². The molecule has 0 fully saturated rings. The fourth-order valence-electron chi connectivity index (χ4n) is 1.73. The third kappa shape index (κ3) is 5.10. The van der Waals surface area contributed by atoms with Gasteiger partial charge >= 0.3 is 0 Å². The van der Waals surface area contributed by atoms with Crippen molar-refractivity contribution in [3.05, 3.63) is 35.9 Å². The Morgan fingerprint density at radius 2 is 2.06 bits per heavy atom. The highest BCUT2D eigenvalue weighted by molar-refractivity contribution is 7.98. The summed E-state index contributed by atoms with van der Waals surface area (Å²) in [4.78, 5) is 11.9. The minimum Gasteiger partial charge on any atom is -0.351 e. The number of nitrogens with two attached hydrogens (primary N) is 1. The number of carbonyl (C=O) groups is 1. The zero-order valence-electron chi connectivity index (χ0n) is 11.1. The molecular weight excluding hydrogens is 244 g/mol. The van der Waals surface area contributed by atoms with Gasteiger partial charge in [0.05, 0.1) is 6.04 Å². The molecule has 1 amide bonds. The number of benzene rings is 1. The van der Waals surface area contributed by atoms with E-state index in [4.69, 9.17) is 5.73 Å². The predicted molar refractivity (Wildman–Crippen MR) is 78.7 cm³/mol. The van der Waals surface area contributed by atoms with Crippen molar-refractivity contribution in [2.75, 3.05) is 12.0 Å². The van der Waals surface area contributed by atoms with Crippen LogP contribution in [0, 0.1) is 0 Å². The van der Waals surface area contributed by atoms with Crippen LogP contribution in [0.4, 0.5) is 0 Å². The number of thioether (sulfide) groups is 1. The molecule has 0 aliphatic rings. The molecule has 100 valence electrons. The molecule has 3 nitrogen and oxygen atoms in total. The van der Waals surface area contributed by atoms with Crippen LogP contribution in [0.2, 0.25) is 0 Å². The Morgan fingerprint density at radius 1 is 1.39 bits per heavy atom. The summed E-state index contributed by atoms with van der Waals surface area (Å²) in [7, 11) is 0. The predicted octanol–water partition coefficient (Wildman–Crippen LogP) is 1.81. The van der Waals surface area contributed by atoms with Gasteiger partial charge in [-0.3, -0.25) is 4.79 Å². The molecule has 18 heavy (non-hydrogen) atoms. The lowest BCUT2D eigenvalue weighted by Crippen LogP contribution is -2.47. The van der Waals surface area contributed by atoms with Crippen LogP contribution in [0.5, 0.6) is 0 Å². The van der Waals surface area contributed by atoms with Crippen molar-refractivity contribution in [3.8, 4) is 0 Å². The van der Waals surface area contributed by atoms with Gasteiger partial charge in [-0.25, -0.2) is 0 Å². The van der Waals surface area contributed by atoms with Gasteiger partial charge < -0.3 is 11.1 Å². The van der Waals surface area contributed by atoms with Crippen LogP contribution in [0.1, 0.15) is 18.9 Å². The van der Waals surface area contributed by atoms with Crippen molar-refractivity contribution in [2.45, 2.75) is 31.8 Å². The Kier molecular flexibility index (Phi) is 6.83. The van der Waals surface area contributed by atoms with Gasteiger partial charge in [-0.15, -0.1) is 0 Å². The summed E-state index contributed by atoms with van der Waals surface area (Å²) in [5.41, 5.74) is 7.02. The van der Waals surface area contributed by atoms with E-state index < -0.39 is 6.04 Å². The van der Waals surface area contributed by atoms with E-state index in [1.807, 2.05) is 36.6 Å². The molecule has 4 heteroatoms. The summed E-state index contributed by atoms with van der Waals surface area (Å²) < 4.78 is 0. The summed E-state index contributed by atoms with van der Waals surface area (Å²) in [6.07, 6.45) is 3.56. The normalized spacial score (nSPS) is 13.9. The number of hydrogen-bond donors (Lipinski definition) is 2. The SMILES string of the molecule is CCC(CSC)NC(=O)C(N)Cc1ccccc1. The van der Waals surface area contributed by atoms with E-state index in [2.05, 4.69) is 12.2 Å². The first-order valence-electron chi connectivity index (χ1n) is 6.26. The average molecular weight is 266 g/mol. The second-order valence-electron chi connectivity index (χ2n) is 4.37. The second kappa shape index (κ2) is 8.16. The maximum absolute atomic E-state index is 11.9. The minimum atomic E-state index is -0.469. The van der Waals surface area contributed by atoms with Crippen molar-refractivity contribution in [3.63, 3.8) is 0 Å². The fraction of sp³-hybridized carbons (Fsp3) is 0.500. The first-order chi connectivity index (χ1) is 8.67. The molecule has 0 saturated carbocycles. The maximum Gasteiger partial charge on any atom is 0.237 e. The average Bonchev–Trinajstić information content (AvgIpc) is 2.39. The van der Waals surface area contributed by atoms with Gasteiger partial charge in [0.1, 0.15) is 0 Å². The number of nitrogens with one attached hydrogen (secondary N) is 1. The molecule has 1 aromatic carbocycles. The van der Waals surface area contributed by atoms with Crippen molar-refractivity contribution in [1.29, 1.82) is 0 Å². The molecule has 1 aromatic rings. The number of hydrogen-bond acceptors (Lipinski definition) is 3. The molecule has 2 unspecified atom stereocenters. The van der Waals surface area contributed by atoms with Crippen molar-refractivity contribution in [1.82, 2.24) is 5.32 Å². The highest BCUT2D eigenvalue weighted by Crippen LogP contribution is 2.04. The molecule has 0 bridgehead atoms. The van der Waals surface area contributed by atoms with Crippen LogP contribution in [0.3, 0.4) is 0 Å². The molecule has 0 saturated heterocycles. The summed E-state index contributed by atoms with van der Waals surface area (Å²) in [6, 6.07) is 9.61. The highest BCUT2D eigenvalue weighted by Gasteiger charge is 2.17. The Morgan fingerprint density at radius 3 is 2.61 bits per heavy atom. The van der Waals surface area contributed by atoms with Gasteiger partial charge in [-0.05, 0) is 24.7 Å². The number of amides is 1. The molecule has 0 heterocycles. The van der Waals surface area contributed by atoms with Crippen molar-refractivity contribution in [2.24, 2.45) is 5.73 Å². The Bertz CT molecular complexity index is 356. The Labute approximate surface area is 114 Å². The number of carbonyl (C=O) groups excluding carboxylic acids is 1. The van der Waals surface area contributed by atoms with Crippen LogP contribution in [-0.4, -0.2) is 30.0 Å². The van der Waals surface area contributed by atoms with Crippen LogP contribution in [0.15, 0.2) is 30.3 Å². The third-order valence-electron chi connectivity index (χ3n) is 2.84. The van der Waals surface area contributed by atoms with Crippen LogP contribution >= 0.6 is 11.8 Å². The molecule has 0 radical (unpaired) electrons. The van der Waals surface area contributed by atoms with Gasteiger partial charge in [0.2, 0.25) is 5.91 Å². The minimum absolute atomic E-state index is 0.0558. The molecule has 0 aromatic heterocycles. The summed E-state index contributed by atoms with van der Waals surface area (Å²) >= 11 is 1.74. The van der Waals surface area contributed by atoms with Gasteiger partial charge in [-0.2, -0.15) is 11.8 Å². The van der Waals surface area contributed by atoms with E-state index in [0.29, 0.717) is 6.42 Å². The standard InChI is InChI=1S/C14H22N2OS/c1-3-12(10-18-2)16-14(17)13(15)9-11-7-5-4-6-8-11/h4-8,12-13H,3,9-10,15H2,1-2H3,(H,16,17). The number of rotatable bonds is 7. The Balaban J connectivity index is 2.46. The van der Waals surface area contributed by atoms with Crippen molar-refractivity contribution < 1.29 is 4.79 Å². The van der Waals surface area contributed by atoms with Gasteiger partial charge in [0.15, 0.2) is 0 Å². The van der Waals surface area contributed by atoms with E-state index >= 15 is 0 Å². The van der Waals surface area contributed by atoms with E-state index in [1.165, 1.54) is 0 Å². The highest BCUT2D eigenvalue weighted by atomic mass is 32.2. The van der Waals surface area contributed by atoms with E-state index in [1.54, 1.807) is 11.8 Å². The molecule has 1 rings (SSSR count). The second-order valence-corrected chi connectivity index (χ2v) is 5.28. The summed E-state index contributed by atoms with van der Waals surface area (Å²) in [5.74, 6) is 0.875. The topological polar surface area (TPSA) is 55.1 Å². The lowest BCUT2D eigenvalue weighted by Gasteiger charge is -2.19. The largest absolute Gasteiger partial charge is 0.351 e. The van der Waals surface area contributed by atoms with E-state index in [9.17, 15) is 4.79 Å². The monoisotopic (exact) mass is 266 g/mol. The van der Waals surface area contributed by atoms with Crippen LogP contribution in [0.25, 0.3) is 0 Å². The first-order valence-corrected chi connectivity index (χ1v) is 7.65. The molecule has 0 aliphatic heterocycles. The lowest BCUT2D eigenvalue weighted by atomic mass is 10.1.